The molecule has 0 spiro atoms. The normalized spacial score (nSPS) is 17.6. The second-order valence-electron chi connectivity index (χ2n) is 6.69. The van der Waals surface area contributed by atoms with Crippen molar-refractivity contribution in [1.82, 2.24) is 5.32 Å². The van der Waals surface area contributed by atoms with Crippen LogP contribution in [0.15, 0.2) is 58.7 Å². The van der Waals surface area contributed by atoms with Crippen LogP contribution < -0.4 is 14.8 Å². The molecule has 1 saturated heterocycles. The van der Waals surface area contributed by atoms with Crippen molar-refractivity contribution in [2.45, 2.75) is 17.8 Å². The molecule has 2 aromatic carbocycles. The maximum absolute atomic E-state index is 12.3. The lowest BCUT2D eigenvalue weighted by molar-refractivity contribution is -0.149. The Morgan fingerprint density at radius 3 is 2.61 bits per heavy atom. The van der Waals surface area contributed by atoms with Crippen LogP contribution in [0.1, 0.15) is 23.7 Å². The number of ether oxygens (including phenoxy) is 3. The zero-order chi connectivity index (χ0) is 23.8. The molecule has 1 heterocycles. The molecule has 2 unspecified atom stereocenters. The van der Waals surface area contributed by atoms with Gasteiger partial charge in [0.1, 0.15) is 5.25 Å². The van der Waals surface area contributed by atoms with Gasteiger partial charge >= 0.3 is 11.9 Å². The average Bonchev–Trinajstić information content (AvgIpc) is 3.15. The molecule has 172 valence electrons. The first-order chi connectivity index (χ1) is 15.9. The van der Waals surface area contributed by atoms with Gasteiger partial charge in [-0.25, -0.2) is 4.79 Å². The Morgan fingerprint density at radius 1 is 1.18 bits per heavy atom. The number of amides is 1. The van der Waals surface area contributed by atoms with E-state index in [1.165, 1.54) is 20.4 Å². The van der Waals surface area contributed by atoms with Gasteiger partial charge in [-0.2, -0.15) is 5.10 Å². The molecular formula is C22H21N3O7S. The van der Waals surface area contributed by atoms with Crippen LogP contribution >= 0.6 is 11.8 Å². The van der Waals surface area contributed by atoms with Gasteiger partial charge in [-0.05, 0) is 23.8 Å². The number of amidine groups is 1. The highest BCUT2D eigenvalue weighted by atomic mass is 32.2. The van der Waals surface area contributed by atoms with Gasteiger partial charge in [-0.15, -0.1) is 5.10 Å². The number of methoxy groups -OCH3 is 2. The van der Waals surface area contributed by atoms with E-state index >= 15 is 0 Å². The maximum Gasteiger partial charge on any atom is 0.351 e. The molecule has 33 heavy (non-hydrogen) atoms. The van der Waals surface area contributed by atoms with E-state index in [0.29, 0.717) is 22.6 Å². The first-order valence-corrected chi connectivity index (χ1v) is 10.6. The largest absolute Gasteiger partial charge is 0.493 e. The molecule has 2 atom stereocenters. The SMILES string of the molecule is COC(=O)C(Oc1cc(C=NN=C2NC(=O)C(CC(=O)O)S2)ccc1OC)c1ccccc1. The number of hydrogen-bond acceptors (Lipinski definition) is 9. The zero-order valence-electron chi connectivity index (χ0n) is 17.8. The third-order valence-corrected chi connectivity index (χ3v) is 5.51. The molecule has 1 aliphatic rings. The molecule has 0 aromatic heterocycles. The molecule has 2 aromatic rings. The number of nitrogens with one attached hydrogen (secondary N) is 1. The van der Waals surface area contributed by atoms with Crippen LogP contribution in [-0.4, -0.2) is 53.8 Å². The van der Waals surface area contributed by atoms with E-state index in [9.17, 15) is 14.4 Å². The number of carboxylic acid groups (broad SMARTS) is 1. The van der Waals surface area contributed by atoms with Gasteiger partial charge < -0.3 is 24.6 Å². The van der Waals surface area contributed by atoms with Crippen LogP contribution in [0.4, 0.5) is 0 Å². The van der Waals surface area contributed by atoms with Crippen LogP contribution in [-0.2, 0) is 19.1 Å². The van der Waals surface area contributed by atoms with Gasteiger partial charge in [0.15, 0.2) is 16.7 Å². The van der Waals surface area contributed by atoms with Gasteiger partial charge in [0, 0.05) is 5.56 Å². The van der Waals surface area contributed by atoms with E-state index in [0.717, 1.165) is 11.8 Å². The lowest BCUT2D eigenvalue weighted by Crippen LogP contribution is -2.26. The van der Waals surface area contributed by atoms with Crippen molar-refractivity contribution in [3.05, 3.63) is 59.7 Å². The predicted molar refractivity (Wildman–Crippen MR) is 122 cm³/mol. The van der Waals surface area contributed by atoms with Crippen LogP contribution in [0.5, 0.6) is 11.5 Å². The van der Waals surface area contributed by atoms with Crippen molar-refractivity contribution in [2.24, 2.45) is 10.2 Å². The van der Waals surface area contributed by atoms with Crippen LogP contribution in [0.2, 0.25) is 0 Å². The fourth-order valence-corrected chi connectivity index (χ4v) is 3.79. The number of rotatable bonds is 9. The summed E-state index contributed by atoms with van der Waals surface area (Å²) >= 11 is 1.00. The predicted octanol–water partition coefficient (Wildman–Crippen LogP) is 2.38. The summed E-state index contributed by atoms with van der Waals surface area (Å²) in [5.74, 6) is -1.37. The molecule has 11 heteroatoms. The van der Waals surface area contributed by atoms with Gasteiger partial charge in [-0.1, -0.05) is 42.1 Å². The molecule has 0 radical (unpaired) electrons. The molecule has 10 nitrogen and oxygen atoms in total. The third-order valence-electron chi connectivity index (χ3n) is 4.44. The Bertz CT molecular complexity index is 1090. The topological polar surface area (TPSA) is 136 Å². The highest BCUT2D eigenvalue weighted by molar-refractivity contribution is 8.15. The minimum atomic E-state index is -1.07. The van der Waals surface area contributed by atoms with E-state index in [1.54, 1.807) is 42.5 Å². The van der Waals surface area contributed by atoms with Crippen molar-refractivity contribution < 1.29 is 33.7 Å². The summed E-state index contributed by atoms with van der Waals surface area (Å²) in [6.45, 7) is 0. The summed E-state index contributed by atoms with van der Waals surface area (Å²) in [5.41, 5.74) is 1.20. The standard InChI is InChI=1S/C22H21N3O7S/c1-30-15-9-8-13(12-23-25-22-24-20(28)17(33-22)11-18(26)27)10-16(15)32-19(21(29)31-2)14-6-4-3-5-7-14/h3-10,12,17,19H,11H2,1-2H3,(H,26,27)(H,24,25,28). The number of hydrogen-bond donors (Lipinski definition) is 2. The van der Waals surface area contributed by atoms with E-state index in [1.807, 2.05) is 6.07 Å². The molecule has 1 fully saturated rings. The van der Waals surface area contributed by atoms with E-state index < -0.39 is 29.2 Å². The number of benzene rings is 2. The number of carboxylic acids is 1. The minimum Gasteiger partial charge on any atom is -0.493 e. The number of aliphatic carboxylic acids is 1. The fraction of sp³-hybridized carbons (Fsp3) is 0.227. The van der Waals surface area contributed by atoms with Crippen LogP contribution in [0, 0.1) is 0 Å². The highest BCUT2D eigenvalue weighted by Crippen LogP contribution is 2.32. The maximum atomic E-state index is 12.3. The van der Waals surface area contributed by atoms with E-state index in [2.05, 4.69) is 15.5 Å². The van der Waals surface area contributed by atoms with E-state index in [4.69, 9.17) is 19.3 Å². The summed E-state index contributed by atoms with van der Waals surface area (Å²) in [5, 5.41) is 18.7. The minimum absolute atomic E-state index is 0.210. The summed E-state index contributed by atoms with van der Waals surface area (Å²) in [7, 11) is 2.76. The number of carbonyl (C=O) groups excluding carboxylic acids is 2. The van der Waals surface area contributed by atoms with Gasteiger partial charge in [0.2, 0.25) is 12.0 Å². The van der Waals surface area contributed by atoms with Crippen molar-refractivity contribution >= 4 is 41.0 Å². The number of thioether (sulfide) groups is 1. The number of carbonyl (C=O) groups is 3. The monoisotopic (exact) mass is 471 g/mol. The molecule has 1 aliphatic heterocycles. The Hall–Kier alpha value is -3.86. The third kappa shape index (κ3) is 6.32. The van der Waals surface area contributed by atoms with Crippen LogP contribution in [0.3, 0.4) is 0 Å². The molecule has 0 saturated carbocycles. The smallest absolute Gasteiger partial charge is 0.351 e. The Balaban J connectivity index is 1.78. The first-order valence-electron chi connectivity index (χ1n) is 9.69. The molecule has 2 N–H and O–H groups in total. The van der Waals surface area contributed by atoms with Gasteiger partial charge in [-0.3, -0.25) is 9.59 Å². The van der Waals surface area contributed by atoms with Crippen molar-refractivity contribution in [2.75, 3.05) is 14.2 Å². The second kappa shape index (κ2) is 11.1. The van der Waals surface area contributed by atoms with Gasteiger partial charge in [0.25, 0.3) is 0 Å². The fourth-order valence-electron chi connectivity index (χ4n) is 2.87. The second-order valence-corrected chi connectivity index (χ2v) is 7.88. The van der Waals surface area contributed by atoms with Crippen molar-refractivity contribution in [1.29, 1.82) is 0 Å². The zero-order valence-corrected chi connectivity index (χ0v) is 18.6. The lowest BCUT2D eigenvalue weighted by atomic mass is 10.1. The van der Waals surface area contributed by atoms with Crippen molar-refractivity contribution in [3.8, 4) is 11.5 Å². The summed E-state index contributed by atoms with van der Waals surface area (Å²) in [6, 6.07) is 13.9. The van der Waals surface area contributed by atoms with Crippen LogP contribution in [0.25, 0.3) is 0 Å². The summed E-state index contributed by atoms with van der Waals surface area (Å²) < 4.78 is 16.2. The quantitative estimate of drug-likeness (QED) is 0.323. The number of esters is 1. The molecule has 0 aliphatic carbocycles. The molecular weight excluding hydrogens is 450 g/mol. The lowest BCUT2D eigenvalue weighted by Gasteiger charge is -2.19. The van der Waals surface area contributed by atoms with E-state index in [-0.39, 0.29) is 11.6 Å². The molecule has 3 rings (SSSR count). The Morgan fingerprint density at radius 2 is 1.94 bits per heavy atom. The summed E-state index contributed by atoms with van der Waals surface area (Å²) in [6.07, 6.45) is 0.113. The summed E-state index contributed by atoms with van der Waals surface area (Å²) in [4.78, 5) is 34.9. The molecule has 1 amide bonds. The van der Waals surface area contributed by atoms with Gasteiger partial charge in [0.05, 0.1) is 26.9 Å². The van der Waals surface area contributed by atoms with Crippen molar-refractivity contribution in [3.63, 3.8) is 0 Å². The Kier molecular flexibility index (Phi) is 8.03. The molecule has 0 bridgehead atoms. The highest BCUT2D eigenvalue weighted by Gasteiger charge is 2.32. The first kappa shape index (κ1) is 23.8. The Labute approximate surface area is 193 Å². The average molecular weight is 471 g/mol. The number of nitrogens with zero attached hydrogens (tertiary/aromatic N) is 2.